The van der Waals surface area contributed by atoms with Gasteiger partial charge in [-0.05, 0) is 38.1 Å². The van der Waals surface area contributed by atoms with Crippen LogP contribution in [0.2, 0.25) is 0 Å². The molecule has 0 spiro atoms. The maximum absolute atomic E-state index is 12.5. The SMILES string of the molecule is COC(=O)c1ccccc1NC(=O)CCN(C(C)=O)c1ccccc1OC(C)C. The lowest BCUT2D eigenvalue weighted by atomic mass is 10.1. The van der Waals surface area contributed by atoms with Crippen molar-refractivity contribution in [2.75, 3.05) is 23.9 Å². The van der Waals surface area contributed by atoms with Crippen molar-refractivity contribution < 1.29 is 23.9 Å². The van der Waals surface area contributed by atoms with Crippen LogP contribution in [-0.4, -0.2) is 37.5 Å². The van der Waals surface area contributed by atoms with E-state index in [0.29, 0.717) is 17.1 Å². The summed E-state index contributed by atoms with van der Waals surface area (Å²) in [6.07, 6.45) is -0.00598. The highest BCUT2D eigenvalue weighted by Crippen LogP contribution is 2.29. The normalized spacial score (nSPS) is 10.4. The van der Waals surface area contributed by atoms with Gasteiger partial charge in [0.25, 0.3) is 0 Å². The van der Waals surface area contributed by atoms with Crippen molar-refractivity contribution in [1.82, 2.24) is 0 Å². The van der Waals surface area contributed by atoms with Crippen molar-refractivity contribution in [3.8, 4) is 5.75 Å². The van der Waals surface area contributed by atoms with Crippen LogP contribution in [0.1, 0.15) is 37.6 Å². The number of esters is 1. The van der Waals surface area contributed by atoms with Gasteiger partial charge in [0.15, 0.2) is 0 Å². The van der Waals surface area contributed by atoms with Crippen molar-refractivity contribution in [2.45, 2.75) is 33.3 Å². The second-order valence-corrected chi connectivity index (χ2v) is 6.64. The number of benzene rings is 2. The molecule has 1 N–H and O–H groups in total. The number of ether oxygens (including phenoxy) is 2. The van der Waals surface area contributed by atoms with E-state index >= 15 is 0 Å². The summed E-state index contributed by atoms with van der Waals surface area (Å²) in [6, 6.07) is 13.8. The third-order valence-corrected chi connectivity index (χ3v) is 4.07. The van der Waals surface area contributed by atoms with Gasteiger partial charge in [-0.1, -0.05) is 24.3 Å². The maximum Gasteiger partial charge on any atom is 0.339 e. The molecule has 0 bridgehead atoms. The van der Waals surface area contributed by atoms with Gasteiger partial charge < -0.3 is 19.7 Å². The first-order valence-corrected chi connectivity index (χ1v) is 9.34. The van der Waals surface area contributed by atoms with Crippen molar-refractivity contribution in [1.29, 1.82) is 0 Å². The average molecular weight is 398 g/mol. The lowest BCUT2D eigenvalue weighted by molar-refractivity contribution is -0.117. The zero-order valence-corrected chi connectivity index (χ0v) is 17.1. The van der Waals surface area contributed by atoms with E-state index in [9.17, 15) is 14.4 Å². The van der Waals surface area contributed by atoms with E-state index in [0.717, 1.165) is 0 Å². The molecule has 2 amide bonds. The highest BCUT2D eigenvalue weighted by Gasteiger charge is 2.19. The molecular formula is C22H26N2O5. The van der Waals surface area contributed by atoms with E-state index in [4.69, 9.17) is 9.47 Å². The molecule has 0 atom stereocenters. The Morgan fingerprint density at radius 2 is 1.69 bits per heavy atom. The number of carbonyl (C=O) groups is 3. The van der Waals surface area contributed by atoms with Crippen molar-refractivity contribution >= 4 is 29.2 Å². The predicted octanol–water partition coefficient (Wildman–Crippen LogP) is 3.64. The Labute approximate surface area is 170 Å². The first kappa shape index (κ1) is 21.9. The Hall–Kier alpha value is -3.35. The largest absolute Gasteiger partial charge is 0.489 e. The maximum atomic E-state index is 12.5. The van der Waals surface area contributed by atoms with E-state index in [1.165, 1.54) is 18.9 Å². The van der Waals surface area contributed by atoms with Crippen LogP contribution in [0, 0.1) is 0 Å². The quantitative estimate of drug-likeness (QED) is 0.686. The molecule has 2 aromatic rings. The molecule has 7 nitrogen and oxygen atoms in total. The summed E-state index contributed by atoms with van der Waals surface area (Å²) in [4.78, 5) is 38.0. The summed E-state index contributed by atoms with van der Waals surface area (Å²) < 4.78 is 10.5. The lowest BCUT2D eigenvalue weighted by Gasteiger charge is -2.24. The molecule has 0 radical (unpaired) electrons. The molecule has 0 aliphatic carbocycles. The standard InChI is InChI=1S/C22H26N2O5/c1-15(2)29-20-12-8-7-11-19(20)24(16(3)25)14-13-21(26)23-18-10-6-5-9-17(18)22(27)28-4/h5-12,15H,13-14H2,1-4H3,(H,23,26). The van der Waals surface area contributed by atoms with Gasteiger partial charge in [-0.15, -0.1) is 0 Å². The number of amides is 2. The topological polar surface area (TPSA) is 84.9 Å². The molecule has 0 aliphatic rings. The molecule has 0 heterocycles. The van der Waals surface area contributed by atoms with Crippen LogP contribution < -0.4 is 15.0 Å². The number of para-hydroxylation sites is 3. The summed E-state index contributed by atoms with van der Waals surface area (Å²) >= 11 is 0. The van der Waals surface area contributed by atoms with Gasteiger partial charge in [0, 0.05) is 19.9 Å². The molecule has 0 aromatic heterocycles. The number of hydrogen-bond donors (Lipinski definition) is 1. The fraction of sp³-hybridized carbons (Fsp3) is 0.318. The summed E-state index contributed by atoms with van der Waals surface area (Å²) in [6.45, 7) is 5.42. The van der Waals surface area contributed by atoms with Gasteiger partial charge in [0.1, 0.15) is 5.75 Å². The molecule has 0 fully saturated rings. The first-order valence-electron chi connectivity index (χ1n) is 9.34. The highest BCUT2D eigenvalue weighted by molar-refractivity contribution is 6.01. The molecule has 29 heavy (non-hydrogen) atoms. The Balaban J connectivity index is 2.12. The number of hydrogen-bond acceptors (Lipinski definition) is 5. The van der Waals surface area contributed by atoms with Crippen LogP contribution in [0.5, 0.6) is 5.75 Å². The first-order chi connectivity index (χ1) is 13.8. The van der Waals surface area contributed by atoms with E-state index in [-0.39, 0.29) is 36.4 Å². The van der Waals surface area contributed by atoms with Crippen LogP contribution in [0.3, 0.4) is 0 Å². The molecule has 7 heteroatoms. The van der Waals surface area contributed by atoms with Gasteiger partial charge in [-0.3, -0.25) is 9.59 Å². The van der Waals surface area contributed by atoms with E-state index < -0.39 is 5.97 Å². The third-order valence-electron chi connectivity index (χ3n) is 4.07. The van der Waals surface area contributed by atoms with Gasteiger partial charge in [-0.2, -0.15) is 0 Å². The van der Waals surface area contributed by atoms with Crippen molar-refractivity contribution in [3.63, 3.8) is 0 Å². The predicted molar refractivity (Wildman–Crippen MR) is 111 cm³/mol. The molecule has 0 unspecified atom stereocenters. The minimum atomic E-state index is -0.536. The Morgan fingerprint density at radius 3 is 2.34 bits per heavy atom. The zero-order chi connectivity index (χ0) is 21.4. The minimum absolute atomic E-state index is 0.0467. The Bertz CT molecular complexity index is 879. The molecule has 2 aromatic carbocycles. The van der Waals surface area contributed by atoms with E-state index in [2.05, 4.69) is 5.32 Å². The number of nitrogens with one attached hydrogen (secondary N) is 1. The smallest absolute Gasteiger partial charge is 0.339 e. The highest BCUT2D eigenvalue weighted by atomic mass is 16.5. The van der Waals surface area contributed by atoms with Crippen molar-refractivity contribution in [3.05, 3.63) is 54.1 Å². The fourth-order valence-corrected chi connectivity index (χ4v) is 2.79. The fourth-order valence-electron chi connectivity index (χ4n) is 2.79. The Morgan fingerprint density at radius 1 is 1.03 bits per heavy atom. The number of anilines is 2. The summed E-state index contributed by atoms with van der Waals surface area (Å²) in [7, 11) is 1.28. The summed E-state index contributed by atoms with van der Waals surface area (Å²) in [5, 5.41) is 2.71. The number of nitrogens with zero attached hydrogens (tertiary/aromatic N) is 1. The van der Waals surface area contributed by atoms with Crippen LogP contribution in [0.4, 0.5) is 11.4 Å². The van der Waals surface area contributed by atoms with E-state index in [1.807, 2.05) is 26.0 Å². The van der Waals surface area contributed by atoms with Gasteiger partial charge in [0.2, 0.25) is 11.8 Å². The van der Waals surface area contributed by atoms with Crippen LogP contribution in [0.25, 0.3) is 0 Å². The molecule has 0 saturated heterocycles. The monoisotopic (exact) mass is 398 g/mol. The second-order valence-electron chi connectivity index (χ2n) is 6.64. The van der Waals surface area contributed by atoms with Crippen LogP contribution >= 0.6 is 0 Å². The minimum Gasteiger partial charge on any atom is -0.489 e. The number of methoxy groups -OCH3 is 1. The summed E-state index contributed by atoms with van der Waals surface area (Å²) in [5.41, 5.74) is 1.24. The average Bonchev–Trinajstić information content (AvgIpc) is 2.68. The van der Waals surface area contributed by atoms with Gasteiger partial charge >= 0.3 is 5.97 Å². The molecular weight excluding hydrogens is 372 g/mol. The molecule has 154 valence electrons. The zero-order valence-electron chi connectivity index (χ0n) is 17.1. The van der Waals surface area contributed by atoms with Gasteiger partial charge in [-0.25, -0.2) is 4.79 Å². The van der Waals surface area contributed by atoms with Crippen molar-refractivity contribution in [2.24, 2.45) is 0 Å². The van der Waals surface area contributed by atoms with E-state index in [1.54, 1.807) is 36.4 Å². The third kappa shape index (κ3) is 6.07. The summed E-state index contributed by atoms with van der Waals surface area (Å²) in [5.74, 6) is -0.484. The molecule has 0 aliphatic heterocycles. The van der Waals surface area contributed by atoms with Gasteiger partial charge in [0.05, 0.1) is 30.2 Å². The Kier molecular flexibility index (Phi) is 7.77. The van der Waals surface area contributed by atoms with Crippen LogP contribution in [0.15, 0.2) is 48.5 Å². The number of rotatable bonds is 8. The molecule has 2 rings (SSSR count). The number of carbonyl (C=O) groups excluding carboxylic acids is 3. The van der Waals surface area contributed by atoms with Crippen LogP contribution in [-0.2, 0) is 14.3 Å². The molecule has 0 saturated carbocycles. The lowest BCUT2D eigenvalue weighted by Crippen LogP contribution is -2.32. The second kappa shape index (κ2) is 10.3.